The van der Waals surface area contributed by atoms with Crippen LogP contribution in [0.1, 0.15) is 6.42 Å². The number of aliphatic hydroxyl groups excluding tert-OH is 1. The van der Waals surface area contributed by atoms with Gasteiger partial charge in [-0.2, -0.15) is 0 Å². The number of aromatic nitrogens is 2. The molecule has 0 radical (unpaired) electrons. The molecule has 0 saturated carbocycles. The van der Waals surface area contributed by atoms with Gasteiger partial charge in [-0.1, -0.05) is 11.6 Å². The quantitative estimate of drug-likeness (QED) is 0.692. The number of anilines is 1. The van der Waals surface area contributed by atoms with E-state index in [1.807, 2.05) is 4.90 Å². The minimum absolute atomic E-state index is 0.0848. The average Bonchev–Trinajstić information content (AvgIpc) is 2.57. The summed E-state index contributed by atoms with van der Waals surface area (Å²) in [7, 11) is 0. The molecule has 0 unspecified atom stereocenters. The van der Waals surface area contributed by atoms with E-state index in [-0.39, 0.29) is 16.7 Å². The van der Waals surface area contributed by atoms with Crippen molar-refractivity contribution >= 4 is 17.4 Å². The first-order valence-corrected chi connectivity index (χ1v) is 4.72. The molecule has 6 heteroatoms. The van der Waals surface area contributed by atoms with Crippen LogP contribution in [0.2, 0.25) is 5.02 Å². The molecule has 2 rings (SSSR count). The maximum absolute atomic E-state index is 11.2. The van der Waals surface area contributed by atoms with Crippen molar-refractivity contribution in [1.82, 2.24) is 9.97 Å². The Kier molecular flexibility index (Phi) is 2.43. The first-order chi connectivity index (χ1) is 6.68. The molecule has 1 aromatic rings. The topological polar surface area (TPSA) is 69.2 Å². The van der Waals surface area contributed by atoms with Gasteiger partial charge in [-0.3, -0.25) is 4.79 Å². The van der Waals surface area contributed by atoms with Gasteiger partial charge in [-0.05, 0) is 6.42 Å². The van der Waals surface area contributed by atoms with Crippen LogP contribution in [0.4, 0.5) is 5.82 Å². The van der Waals surface area contributed by atoms with Crippen molar-refractivity contribution in [3.8, 4) is 0 Å². The molecule has 1 atom stereocenters. The van der Waals surface area contributed by atoms with Gasteiger partial charge in [0.2, 0.25) is 0 Å². The number of halogens is 1. The minimum Gasteiger partial charge on any atom is -0.391 e. The molecule has 1 aliphatic rings. The molecular weight excluding hydrogens is 206 g/mol. The fourth-order valence-electron chi connectivity index (χ4n) is 1.53. The second-order valence-corrected chi connectivity index (χ2v) is 3.64. The van der Waals surface area contributed by atoms with Crippen LogP contribution in [0.25, 0.3) is 0 Å². The van der Waals surface area contributed by atoms with E-state index in [1.165, 1.54) is 6.33 Å². The van der Waals surface area contributed by atoms with Gasteiger partial charge in [0.1, 0.15) is 5.02 Å². The molecule has 0 aliphatic carbocycles. The average molecular weight is 216 g/mol. The normalized spacial score (nSPS) is 21.6. The number of hydrogen-bond donors (Lipinski definition) is 2. The lowest BCUT2D eigenvalue weighted by atomic mass is 10.3. The summed E-state index contributed by atoms with van der Waals surface area (Å²) in [4.78, 5) is 19.3. The van der Waals surface area contributed by atoms with Gasteiger partial charge in [0.15, 0.2) is 5.82 Å². The van der Waals surface area contributed by atoms with E-state index in [9.17, 15) is 9.90 Å². The van der Waals surface area contributed by atoms with Gasteiger partial charge in [0.25, 0.3) is 5.56 Å². The molecule has 1 aromatic heterocycles. The van der Waals surface area contributed by atoms with Gasteiger partial charge in [-0.15, -0.1) is 0 Å². The fraction of sp³-hybridized carbons (Fsp3) is 0.500. The van der Waals surface area contributed by atoms with Gasteiger partial charge < -0.3 is 15.0 Å². The van der Waals surface area contributed by atoms with E-state index >= 15 is 0 Å². The van der Waals surface area contributed by atoms with E-state index < -0.39 is 0 Å². The van der Waals surface area contributed by atoms with E-state index in [2.05, 4.69) is 9.97 Å². The number of nitrogens with zero attached hydrogens (tertiary/aromatic N) is 2. The standard InChI is InChI=1S/C8H10ClN3O2/c9-6-7(10-4-11-8(6)14)12-2-1-5(13)3-12/h4-5,13H,1-3H2,(H,10,11,14)/t5-/m0/s1. The maximum atomic E-state index is 11.2. The second kappa shape index (κ2) is 3.59. The highest BCUT2D eigenvalue weighted by molar-refractivity contribution is 6.32. The third-order valence-electron chi connectivity index (χ3n) is 2.24. The van der Waals surface area contributed by atoms with E-state index in [1.54, 1.807) is 0 Å². The van der Waals surface area contributed by atoms with Crippen LogP contribution in [0, 0.1) is 0 Å². The number of aliphatic hydroxyl groups is 1. The zero-order chi connectivity index (χ0) is 10.1. The van der Waals surface area contributed by atoms with Crippen molar-refractivity contribution in [3.05, 3.63) is 21.7 Å². The molecule has 76 valence electrons. The highest BCUT2D eigenvalue weighted by Gasteiger charge is 2.23. The Morgan fingerprint density at radius 3 is 3.14 bits per heavy atom. The van der Waals surface area contributed by atoms with E-state index in [0.717, 1.165) is 0 Å². The zero-order valence-corrected chi connectivity index (χ0v) is 8.16. The number of rotatable bonds is 1. The van der Waals surface area contributed by atoms with Gasteiger partial charge >= 0.3 is 0 Å². The number of aromatic amines is 1. The van der Waals surface area contributed by atoms with E-state index in [0.29, 0.717) is 25.3 Å². The largest absolute Gasteiger partial charge is 0.391 e. The molecule has 5 nitrogen and oxygen atoms in total. The molecule has 0 amide bonds. The SMILES string of the molecule is O=c1[nH]cnc(N2CC[C@H](O)C2)c1Cl. The molecule has 1 aliphatic heterocycles. The summed E-state index contributed by atoms with van der Waals surface area (Å²) in [5.74, 6) is 0.451. The first kappa shape index (κ1) is 9.48. The minimum atomic E-state index is -0.354. The van der Waals surface area contributed by atoms with Crippen LogP contribution in [-0.2, 0) is 0 Å². The Hall–Kier alpha value is -1.07. The monoisotopic (exact) mass is 215 g/mol. The smallest absolute Gasteiger partial charge is 0.271 e. The number of nitrogens with one attached hydrogen (secondary N) is 1. The molecule has 1 saturated heterocycles. The van der Waals surface area contributed by atoms with Gasteiger partial charge in [0, 0.05) is 13.1 Å². The Morgan fingerprint density at radius 2 is 2.50 bits per heavy atom. The van der Waals surface area contributed by atoms with Crippen LogP contribution < -0.4 is 10.5 Å². The lowest BCUT2D eigenvalue weighted by molar-refractivity contribution is 0.198. The van der Waals surface area contributed by atoms with Crippen LogP contribution in [0.3, 0.4) is 0 Å². The van der Waals surface area contributed by atoms with Crippen molar-refractivity contribution in [1.29, 1.82) is 0 Å². The maximum Gasteiger partial charge on any atom is 0.271 e. The first-order valence-electron chi connectivity index (χ1n) is 4.34. The lowest BCUT2D eigenvalue weighted by Crippen LogP contribution is -2.25. The molecule has 1 fully saturated rings. The third kappa shape index (κ3) is 1.60. The van der Waals surface area contributed by atoms with Crippen LogP contribution in [0.5, 0.6) is 0 Å². The van der Waals surface area contributed by atoms with Crippen molar-refractivity contribution in [2.45, 2.75) is 12.5 Å². The van der Waals surface area contributed by atoms with Crippen molar-refractivity contribution in [3.63, 3.8) is 0 Å². The fourth-order valence-corrected chi connectivity index (χ4v) is 1.75. The summed E-state index contributed by atoms with van der Waals surface area (Å²) >= 11 is 5.79. The summed E-state index contributed by atoms with van der Waals surface area (Å²) < 4.78 is 0. The summed E-state index contributed by atoms with van der Waals surface area (Å²) in [6.45, 7) is 1.16. The number of β-amino-alcohol motifs (C(OH)–C–C–N with tert-alkyl or cyclic N) is 1. The van der Waals surface area contributed by atoms with Crippen LogP contribution in [-0.4, -0.2) is 34.3 Å². The predicted octanol–water partition coefficient (Wildman–Crippen LogP) is -0.00570. The molecule has 0 bridgehead atoms. The molecular formula is C8H10ClN3O2. The summed E-state index contributed by atoms with van der Waals surface area (Å²) in [6.07, 6.45) is 1.64. The highest BCUT2D eigenvalue weighted by Crippen LogP contribution is 2.22. The summed E-state index contributed by atoms with van der Waals surface area (Å²) in [5, 5.41) is 9.41. The lowest BCUT2D eigenvalue weighted by Gasteiger charge is -2.16. The Bertz CT molecular complexity index is 392. The second-order valence-electron chi connectivity index (χ2n) is 3.26. The predicted molar refractivity (Wildman–Crippen MR) is 52.7 cm³/mol. The summed E-state index contributed by atoms with van der Waals surface area (Å²) in [5.41, 5.74) is -0.349. The molecule has 0 spiro atoms. The third-order valence-corrected chi connectivity index (χ3v) is 2.58. The van der Waals surface area contributed by atoms with E-state index in [4.69, 9.17) is 11.6 Å². The highest BCUT2D eigenvalue weighted by atomic mass is 35.5. The van der Waals surface area contributed by atoms with Crippen molar-refractivity contribution in [2.75, 3.05) is 18.0 Å². The molecule has 2 N–H and O–H groups in total. The molecule has 14 heavy (non-hydrogen) atoms. The number of hydrogen-bond acceptors (Lipinski definition) is 4. The Labute approximate surface area is 85.3 Å². The van der Waals surface area contributed by atoms with Gasteiger partial charge in [-0.25, -0.2) is 4.98 Å². The molecule has 2 heterocycles. The molecule has 0 aromatic carbocycles. The number of H-pyrrole nitrogens is 1. The van der Waals surface area contributed by atoms with Crippen molar-refractivity contribution in [2.24, 2.45) is 0 Å². The Balaban J connectivity index is 2.33. The van der Waals surface area contributed by atoms with Crippen LogP contribution in [0.15, 0.2) is 11.1 Å². The summed E-state index contributed by atoms with van der Waals surface area (Å²) in [6, 6.07) is 0. The Morgan fingerprint density at radius 1 is 1.71 bits per heavy atom. The zero-order valence-electron chi connectivity index (χ0n) is 7.40. The van der Waals surface area contributed by atoms with Crippen LogP contribution >= 0.6 is 11.6 Å². The van der Waals surface area contributed by atoms with Gasteiger partial charge in [0.05, 0.1) is 12.4 Å². The van der Waals surface area contributed by atoms with Crippen molar-refractivity contribution < 1.29 is 5.11 Å².